The van der Waals surface area contributed by atoms with Gasteiger partial charge >= 0.3 is 5.97 Å². The van der Waals surface area contributed by atoms with Crippen LogP contribution in [-0.4, -0.2) is 31.5 Å². The number of aryl methyl sites for hydroxylation is 3. The summed E-state index contributed by atoms with van der Waals surface area (Å²) in [5.41, 5.74) is 2.02. The second-order valence-corrected chi connectivity index (χ2v) is 7.29. The Balaban J connectivity index is 2.64. The van der Waals surface area contributed by atoms with Gasteiger partial charge in [-0.1, -0.05) is 17.7 Å². The van der Waals surface area contributed by atoms with Crippen LogP contribution in [0.3, 0.4) is 0 Å². The van der Waals surface area contributed by atoms with Crippen LogP contribution in [0, 0.1) is 20.8 Å². The van der Waals surface area contributed by atoms with Crippen molar-refractivity contribution in [2.75, 3.05) is 11.4 Å². The molecule has 0 atom stereocenters. The maximum Gasteiger partial charge on any atom is 0.339 e. The van der Waals surface area contributed by atoms with E-state index in [1.165, 1.54) is 25.4 Å². The Bertz CT molecular complexity index is 852. The molecule has 1 heterocycles. The Morgan fingerprint density at radius 2 is 1.74 bits per heavy atom. The fourth-order valence-corrected chi connectivity index (χ4v) is 4.22. The first kappa shape index (κ1) is 17.0. The normalized spacial score (nSPS) is 11.3. The van der Waals surface area contributed by atoms with Crippen molar-refractivity contribution in [3.8, 4) is 0 Å². The van der Waals surface area contributed by atoms with E-state index in [0.29, 0.717) is 11.1 Å². The third-order valence-electron chi connectivity index (χ3n) is 3.54. The number of hydrogen-bond donors (Lipinski definition) is 1. The molecule has 0 aliphatic carbocycles. The van der Waals surface area contributed by atoms with Crippen molar-refractivity contribution >= 4 is 21.8 Å². The number of hydrogen-bond acceptors (Lipinski definition) is 4. The molecule has 1 N–H and O–H groups in total. The molecule has 2 aromatic rings. The minimum absolute atomic E-state index is 0.112. The molecule has 0 saturated carbocycles. The second kappa shape index (κ2) is 6.00. The molecule has 0 bridgehead atoms. The largest absolute Gasteiger partial charge is 0.478 e. The first-order valence-electron chi connectivity index (χ1n) is 6.91. The van der Waals surface area contributed by atoms with Gasteiger partial charge in [-0.25, -0.2) is 18.2 Å². The molecule has 0 saturated heterocycles. The minimum atomic E-state index is -3.92. The molecule has 0 fully saturated rings. The van der Waals surface area contributed by atoms with Crippen LogP contribution in [0.1, 0.15) is 27.0 Å². The lowest BCUT2D eigenvalue weighted by Crippen LogP contribution is -2.30. The number of benzene rings is 1. The summed E-state index contributed by atoms with van der Waals surface area (Å²) in [6, 6.07) is 6.34. The predicted molar refractivity (Wildman–Crippen MR) is 87.4 cm³/mol. The number of sulfonamides is 1. The average molecular weight is 334 g/mol. The molecule has 0 aliphatic heterocycles. The zero-order valence-corrected chi connectivity index (χ0v) is 14.2. The molecule has 0 spiro atoms. The number of nitrogens with zero attached hydrogens (tertiary/aromatic N) is 2. The zero-order chi connectivity index (χ0) is 17.4. The van der Waals surface area contributed by atoms with Crippen molar-refractivity contribution in [2.24, 2.45) is 0 Å². The summed E-state index contributed by atoms with van der Waals surface area (Å²) in [5, 5.41) is 9.23. The predicted octanol–water partition coefficient (Wildman–Crippen LogP) is 2.53. The molecule has 1 aromatic heterocycles. The number of aromatic carboxylic acids is 1. The van der Waals surface area contributed by atoms with E-state index in [0.717, 1.165) is 9.87 Å². The van der Waals surface area contributed by atoms with Crippen LogP contribution in [0.4, 0.5) is 5.82 Å². The molecule has 0 unspecified atom stereocenters. The van der Waals surface area contributed by atoms with Crippen LogP contribution < -0.4 is 4.31 Å². The number of anilines is 1. The Hall–Kier alpha value is -2.41. The average Bonchev–Trinajstić information content (AvgIpc) is 2.44. The van der Waals surface area contributed by atoms with Crippen LogP contribution in [-0.2, 0) is 10.0 Å². The van der Waals surface area contributed by atoms with Crippen molar-refractivity contribution < 1.29 is 18.3 Å². The Morgan fingerprint density at radius 1 is 1.17 bits per heavy atom. The van der Waals surface area contributed by atoms with Gasteiger partial charge in [-0.2, -0.15) is 0 Å². The van der Waals surface area contributed by atoms with Gasteiger partial charge in [0.25, 0.3) is 10.0 Å². The number of pyridine rings is 1. The van der Waals surface area contributed by atoms with Crippen LogP contribution in [0.5, 0.6) is 0 Å². The molecule has 7 heteroatoms. The molecule has 0 aliphatic rings. The molecule has 6 nitrogen and oxygen atoms in total. The lowest BCUT2D eigenvalue weighted by Gasteiger charge is -2.22. The third kappa shape index (κ3) is 3.05. The summed E-state index contributed by atoms with van der Waals surface area (Å²) in [7, 11) is -2.61. The van der Waals surface area contributed by atoms with Crippen molar-refractivity contribution in [1.29, 1.82) is 0 Å². The van der Waals surface area contributed by atoms with E-state index in [1.807, 2.05) is 6.92 Å². The van der Waals surface area contributed by atoms with E-state index in [2.05, 4.69) is 4.98 Å². The summed E-state index contributed by atoms with van der Waals surface area (Å²) < 4.78 is 26.8. The molecule has 0 amide bonds. The standard InChI is InChI=1S/C16H18N2O4S/c1-10-8-11(2)14(12(3)9-10)23(21,22)18(4)15-13(16(19)20)6-5-7-17-15/h5-9H,1-4H3,(H,19,20). The second-order valence-electron chi connectivity index (χ2n) is 5.38. The summed E-state index contributed by atoms with van der Waals surface area (Å²) in [6.45, 7) is 5.33. The molecular weight excluding hydrogens is 316 g/mol. The Kier molecular flexibility index (Phi) is 4.42. The van der Waals surface area contributed by atoms with Crippen LogP contribution in [0.15, 0.2) is 35.4 Å². The topological polar surface area (TPSA) is 87.6 Å². The van der Waals surface area contributed by atoms with Gasteiger partial charge in [0, 0.05) is 13.2 Å². The maximum absolute atomic E-state index is 13.0. The van der Waals surface area contributed by atoms with E-state index in [-0.39, 0.29) is 16.3 Å². The molecule has 0 radical (unpaired) electrons. The van der Waals surface area contributed by atoms with Crippen LogP contribution in [0.2, 0.25) is 0 Å². The summed E-state index contributed by atoms with van der Waals surface area (Å²) in [4.78, 5) is 15.4. The van der Waals surface area contributed by atoms with Gasteiger partial charge in [-0.05, 0) is 44.0 Å². The van der Waals surface area contributed by atoms with Gasteiger partial charge in [0.1, 0.15) is 5.56 Å². The van der Waals surface area contributed by atoms with E-state index < -0.39 is 16.0 Å². The van der Waals surface area contributed by atoms with E-state index in [1.54, 1.807) is 26.0 Å². The molecule has 23 heavy (non-hydrogen) atoms. The van der Waals surface area contributed by atoms with Gasteiger partial charge in [0.2, 0.25) is 0 Å². The van der Waals surface area contributed by atoms with Gasteiger partial charge in [-0.3, -0.25) is 4.31 Å². The number of carbonyl (C=O) groups is 1. The van der Waals surface area contributed by atoms with E-state index in [9.17, 15) is 18.3 Å². The number of rotatable bonds is 4. The smallest absolute Gasteiger partial charge is 0.339 e. The van der Waals surface area contributed by atoms with Gasteiger partial charge < -0.3 is 5.11 Å². The fourth-order valence-electron chi connectivity index (χ4n) is 2.64. The lowest BCUT2D eigenvalue weighted by molar-refractivity contribution is 0.0697. The van der Waals surface area contributed by atoms with Gasteiger partial charge in [0.15, 0.2) is 5.82 Å². The fraction of sp³-hybridized carbons (Fsp3) is 0.250. The highest BCUT2D eigenvalue weighted by atomic mass is 32.2. The number of aromatic nitrogens is 1. The van der Waals surface area contributed by atoms with Crippen LogP contribution >= 0.6 is 0 Å². The first-order valence-corrected chi connectivity index (χ1v) is 8.35. The number of carboxylic acid groups (broad SMARTS) is 1. The molecular formula is C16H18N2O4S. The highest BCUT2D eigenvalue weighted by Gasteiger charge is 2.28. The van der Waals surface area contributed by atoms with Crippen molar-refractivity contribution in [3.63, 3.8) is 0 Å². The Morgan fingerprint density at radius 3 is 2.26 bits per heavy atom. The highest BCUT2D eigenvalue weighted by molar-refractivity contribution is 7.92. The zero-order valence-electron chi connectivity index (χ0n) is 13.4. The van der Waals surface area contributed by atoms with Gasteiger partial charge in [0.05, 0.1) is 4.90 Å². The van der Waals surface area contributed by atoms with E-state index in [4.69, 9.17) is 0 Å². The minimum Gasteiger partial charge on any atom is -0.478 e. The quantitative estimate of drug-likeness (QED) is 0.928. The monoisotopic (exact) mass is 334 g/mol. The third-order valence-corrected chi connectivity index (χ3v) is 5.59. The van der Waals surface area contributed by atoms with Crippen molar-refractivity contribution in [2.45, 2.75) is 25.7 Å². The summed E-state index contributed by atoms with van der Waals surface area (Å²) in [6.07, 6.45) is 1.36. The number of carboxylic acids is 1. The molecule has 122 valence electrons. The lowest BCUT2D eigenvalue weighted by atomic mass is 10.1. The van der Waals surface area contributed by atoms with Crippen LogP contribution in [0.25, 0.3) is 0 Å². The molecule has 2 rings (SSSR count). The van der Waals surface area contributed by atoms with Crippen molar-refractivity contribution in [3.05, 3.63) is 52.7 Å². The highest BCUT2D eigenvalue weighted by Crippen LogP contribution is 2.28. The van der Waals surface area contributed by atoms with Crippen molar-refractivity contribution in [1.82, 2.24) is 4.98 Å². The van der Waals surface area contributed by atoms with E-state index >= 15 is 0 Å². The van der Waals surface area contributed by atoms with Gasteiger partial charge in [-0.15, -0.1) is 0 Å². The molecule has 1 aromatic carbocycles. The summed E-state index contributed by atoms with van der Waals surface area (Å²) in [5.74, 6) is -1.34. The summed E-state index contributed by atoms with van der Waals surface area (Å²) >= 11 is 0. The maximum atomic E-state index is 13.0. The SMILES string of the molecule is Cc1cc(C)c(S(=O)(=O)N(C)c2ncccc2C(=O)O)c(C)c1. The first-order chi connectivity index (χ1) is 10.7. The Labute approximate surface area is 135 Å².